The summed E-state index contributed by atoms with van der Waals surface area (Å²) in [6, 6.07) is 15.7. The highest BCUT2D eigenvalue weighted by Crippen LogP contribution is 2.32. The van der Waals surface area contributed by atoms with Crippen LogP contribution in [0.3, 0.4) is 0 Å². The topological polar surface area (TPSA) is 78.4 Å². The van der Waals surface area contributed by atoms with Crippen LogP contribution in [0, 0.1) is 6.92 Å². The maximum atomic E-state index is 13.4. The van der Waals surface area contributed by atoms with E-state index in [-0.39, 0.29) is 23.8 Å². The standard InChI is InChI=1S/C25H24F3N5O2/c1-17-7-9-18(10-8-17)15-29-23(34)21-11-12-22(31-30-21)32-13-4-14-33(16-32)24(35)19-5-2-3-6-20(19)25(26,27)28/h2-3,5-12H,4,13-16H2,1H3,(H,29,34). The van der Waals surface area contributed by atoms with Gasteiger partial charge in [0.05, 0.1) is 17.8 Å². The molecule has 0 atom stereocenters. The zero-order valence-corrected chi connectivity index (χ0v) is 19.0. The van der Waals surface area contributed by atoms with Crippen LogP contribution in [0.1, 0.15) is 44.0 Å². The monoisotopic (exact) mass is 483 g/mol. The number of aromatic nitrogens is 2. The minimum Gasteiger partial charge on any atom is -0.347 e. The summed E-state index contributed by atoms with van der Waals surface area (Å²) in [5, 5.41) is 10.9. The quantitative estimate of drug-likeness (QED) is 0.593. The van der Waals surface area contributed by atoms with Crippen LogP contribution in [0.15, 0.2) is 60.7 Å². The molecule has 2 aromatic carbocycles. The van der Waals surface area contributed by atoms with Gasteiger partial charge in [0, 0.05) is 19.6 Å². The van der Waals surface area contributed by atoms with Crippen molar-refractivity contribution in [3.8, 4) is 0 Å². The molecular formula is C25H24F3N5O2. The number of benzene rings is 2. The van der Waals surface area contributed by atoms with Crippen LogP contribution in [0.5, 0.6) is 0 Å². The van der Waals surface area contributed by atoms with Crippen molar-refractivity contribution in [2.45, 2.75) is 26.1 Å². The highest BCUT2D eigenvalue weighted by atomic mass is 19.4. The molecule has 0 bridgehead atoms. The van der Waals surface area contributed by atoms with Crippen LogP contribution in [-0.4, -0.2) is 46.7 Å². The predicted molar refractivity (Wildman–Crippen MR) is 124 cm³/mol. The predicted octanol–water partition coefficient (Wildman–Crippen LogP) is 4.04. The number of anilines is 1. The van der Waals surface area contributed by atoms with Crippen molar-refractivity contribution in [1.29, 1.82) is 0 Å². The molecule has 0 unspecified atom stereocenters. The van der Waals surface area contributed by atoms with E-state index in [1.807, 2.05) is 31.2 Å². The van der Waals surface area contributed by atoms with Gasteiger partial charge in [0.2, 0.25) is 0 Å². The first-order chi connectivity index (χ1) is 16.7. The third-order valence-corrected chi connectivity index (χ3v) is 5.73. The first-order valence-electron chi connectivity index (χ1n) is 11.1. The van der Waals surface area contributed by atoms with Crippen molar-refractivity contribution in [2.24, 2.45) is 0 Å². The number of hydrogen-bond acceptors (Lipinski definition) is 5. The van der Waals surface area contributed by atoms with Gasteiger partial charge in [0.25, 0.3) is 11.8 Å². The van der Waals surface area contributed by atoms with E-state index in [2.05, 4.69) is 15.5 Å². The van der Waals surface area contributed by atoms with Crippen LogP contribution >= 0.6 is 0 Å². The van der Waals surface area contributed by atoms with E-state index in [4.69, 9.17) is 0 Å². The van der Waals surface area contributed by atoms with Gasteiger partial charge in [0.1, 0.15) is 0 Å². The van der Waals surface area contributed by atoms with Crippen molar-refractivity contribution in [1.82, 2.24) is 20.4 Å². The molecular weight excluding hydrogens is 459 g/mol. The summed E-state index contributed by atoms with van der Waals surface area (Å²) in [5.41, 5.74) is 0.893. The molecule has 0 saturated carbocycles. The number of alkyl halides is 3. The van der Waals surface area contributed by atoms with E-state index in [1.54, 1.807) is 11.0 Å². The molecule has 10 heteroatoms. The van der Waals surface area contributed by atoms with Crippen LogP contribution in [0.4, 0.5) is 19.0 Å². The maximum absolute atomic E-state index is 13.4. The van der Waals surface area contributed by atoms with Crippen molar-refractivity contribution >= 4 is 17.6 Å². The van der Waals surface area contributed by atoms with Gasteiger partial charge >= 0.3 is 6.18 Å². The maximum Gasteiger partial charge on any atom is 0.417 e. The SMILES string of the molecule is Cc1ccc(CNC(=O)c2ccc(N3CCCN(C(=O)c4ccccc4C(F)(F)F)C3)nn2)cc1. The van der Waals surface area contributed by atoms with E-state index in [1.165, 1.54) is 29.2 Å². The number of hydrogen-bond donors (Lipinski definition) is 1. The van der Waals surface area contributed by atoms with Gasteiger partial charge in [-0.05, 0) is 43.2 Å². The van der Waals surface area contributed by atoms with Crippen LogP contribution in [0.25, 0.3) is 0 Å². The molecule has 35 heavy (non-hydrogen) atoms. The Labute approximate surface area is 200 Å². The number of aryl methyl sites for hydroxylation is 1. The minimum atomic E-state index is -4.62. The molecule has 1 saturated heterocycles. The molecule has 7 nitrogen and oxygen atoms in total. The summed E-state index contributed by atoms with van der Waals surface area (Å²) in [7, 11) is 0. The average Bonchev–Trinajstić information content (AvgIpc) is 2.87. The number of rotatable bonds is 5. The van der Waals surface area contributed by atoms with E-state index in [0.29, 0.717) is 31.9 Å². The average molecular weight is 483 g/mol. The minimum absolute atomic E-state index is 0.0681. The lowest BCUT2D eigenvalue weighted by Crippen LogP contribution is -2.48. The van der Waals surface area contributed by atoms with Gasteiger partial charge in [-0.3, -0.25) is 9.59 Å². The van der Waals surface area contributed by atoms with Gasteiger partial charge in [-0.25, -0.2) is 0 Å². The van der Waals surface area contributed by atoms with Crippen LogP contribution < -0.4 is 10.2 Å². The number of carbonyl (C=O) groups is 2. The Bertz CT molecular complexity index is 1200. The molecule has 2 amide bonds. The van der Waals surface area contributed by atoms with E-state index in [0.717, 1.165) is 17.2 Å². The van der Waals surface area contributed by atoms with Crippen molar-refractivity contribution in [3.63, 3.8) is 0 Å². The first-order valence-corrected chi connectivity index (χ1v) is 11.1. The normalized spacial score (nSPS) is 14.1. The lowest BCUT2D eigenvalue weighted by atomic mass is 10.1. The highest BCUT2D eigenvalue weighted by Gasteiger charge is 2.36. The molecule has 1 N–H and O–H groups in total. The smallest absolute Gasteiger partial charge is 0.347 e. The molecule has 1 aliphatic heterocycles. The fourth-order valence-corrected chi connectivity index (χ4v) is 3.83. The summed E-state index contributed by atoms with van der Waals surface area (Å²) >= 11 is 0. The Kier molecular flexibility index (Phi) is 6.99. The van der Waals surface area contributed by atoms with Crippen molar-refractivity contribution in [2.75, 3.05) is 24.7 Å². The number of nitrogens with one attached hydrogen (secondary N) is 1. The van der Waals surface area contributed by atoms with Crippen LogP contribution in [0.2, 0.25) is 0 Å². The number of amides is 2. The second kappa shape index (κ2) is 10.1. The Morgan fingerprint density at radius 2 is 1.71 bits per heavy atom. The summed E-state index contributed by atoms with van der Waals surface area (Å²) in [4.78, 5) is 28.4. The zero-order valence-electron chi connectivity index (χ0n) is 19.0. The summed E-state index contributed by atoms with van der Waals surface area (Å²) in [6.45, 7) is 3.29. The Hall–Kier alpha value is -3.95. The molecule has 182 valence electrons. The Morgan fingerprint density at radius 1 is 0.971 bits per heavy atom. The fourth-order valence-electron chi connectivity index (χ4n) is 3.83. The summed E-state index contributed by atoms with van der Waals surface area (Å²) in [6.07, 6.45) is -4.07. The molecule has 1 aromatic heterocycles. The molecule has 1 aliphatic rings. The van der Waals surface area contributed by atoms with Crippen molar-refractivity contribution in [3.05, 3.63) is 88.6 Å². The van der Waals surface area contributed by atoms with Gasteiger partial charge < -0.3 is 15.1 Å². The Balaban J connectivity index is 1.40. The van der Waals surface area contributed by atoms with Crippen molar-refractivity contribution < 1.29 is 22.8 Å². The molecule has 4 rings (SSSR count). The van der Waals surface area contributed by atoms with Crippen LogP contribution in [-0.2, 0) is 12.7 Å². The number of carbonyl (C=O) groups excluding carboxylic acids is 2. The van der Waals surface area contributed by atoms with Gasteiger partial charge in [-0.1, -0.05) is 42.0 Å². The largest absolute Gasteiger partial charge is 0.417 e. The second-order valence-electron chi connectivity index (χ2n) is 8.32. The highest BCUT2D eigenvalue weighted by molar-refractivity contribution is 5.96. The first kappa shape index (κ1) is 24.2. The summed E-state index contributed by atoms with van der Waals surface area (Å²) < 4.78 is 40.1. The zero-order chi connectivity index (χ0) is 25.0. The number of halogens is 3. The molecule has 2 heterocycles. The van der Waals surface area contributed by atoms with E-state index in [9.17, 15) is 22.8 Å². The molecule has 0 radical (unpaired) electrons. The lowest BCUT2D eigenvalue weighted by Gasteiger charge is -2.36. The molecule has 0 spiro atoms. The molecule has 3 aromatic rings. The lowest BCUT2D eigenvalue weighted by molar-refractivity contribution is -0.138. The number of nitrogens with zero attached hydrogens (tertiary/aromatic N) is 4. The molecule has 1 fully saturated rings. The van der Waals surface area contributed by atoms with E-state index >= 15 is 0 Å². The summed E-state index contributed by atoms with van der Waals surface area (Å²) in [5.74, 6) is -0.631. The third kappa shape index (κ3) is 5.76. The fraction of sp³-hybridized carbons (Fsp3) is 0.280. The van der Waals surface area contributed by atoms with Gasteiger partial charge in [-0.2, -0.15) is 13.2 Å². The molecule has 0 aliphatic carbocycles. The Morgan fingerprint density at radius 3 is 2.40 bits per heavy atom. The second-order valence-corrected chi connectivity index (χ2v) is 8.32. The van der Waals surface area contributed by atoms with Gasteiger partial charge in [0.15, 0.2) is 11.5 Å². The third-order valence-electron chi connectivity index (χ3n) is 5.73. The van der Waals surface area contributed by atoms with Gasteiger partial charge in [-0.15, -0.1) is 10.2 Å². The van der Waals surface area contributed by atoms with E-state index < -0.39 is 17.6 Å².